The average molecular weight is 394 g/mol. The Bertz CT molecular complexity index is 888. The predicted octanol–water partition coefficient (Wildman–Crippen LogP) is 3.16. The van der Waals surface area contributed by atoms with E-state index in [0.717, 1.165) is 18.5 Å². The van der Waals surface area contributed by atoms with E-state index in [9.17, 15) is 14.7 Å². The number of amides is 2. The molecule has 29 heavy (non-hydrogen) atoms. The highest BCUT2D eigenvalue weighted by Crippen LogP contribution is 2.34. The number of carbonyl (C=O) groups is 2. The quantitative estimate of drug-likeness (QED) is 0.865. The van der Waals surface area contributed by atoms with E-state index in [2.05, 4.69) is 0 Å². The van der Waals surface area contributed by atoms with Crippen LogP contribution in [0.25, 0.3) is 0 Å². The molecule has 1 unspecified atom stereocenters. The number of phenolic OH excluding ortho intramolecular Hbond substituents is 1. The molecule has 2 aromatic carbocycles. The summed E-state index contributed by atoms with van der Waals surface area (Å²) in [6, 6.07) is 14.8. The van der Waals surface area contributed by atoms with Gasteiger partial charge in [0.25, 0.3) is 0 Å². The maximum Gasteiger partial charge on any atom is 0.228 e. The summed E-state index contributed by atoms with van der Waals surface area (Å²) in [5.41, 5.74) is 1.93. The zero-order valence-electron chi connectivity index (χ0n) is 16.6. The summed E-state index contributed by atoms with van der Waals surface area (Å²) >= 11 is 0. The maximum atomic E-state index is 13.0. The first-order chi connectivity index (χ1) is 14.1. The zero-order chi connectivity index (χ0) is 20.4. The number of methoxy groups -OCH3 is 1. The lowest BCUT2D eigenvalue weighted by Gasteiger charge is -2.33. The number of rotatable bonds is 4. The minimum absolute atomic E-state index is 0.0353. The number of ether oxygens (including phenoxy) is 1. The highest BCUT2D eigenvalue weighted by molar-refractivity contribution is 6.01. The number of nitrogens with zero attached hydrogens (tertiary/aromatic N) is 2. The third-order valence-corrected chi connectivity index (χ3v) is 6.02. The fourth-order valence-corrected chi connectivity index (χ4v) is 4.40. The van der Waals surface area contributed by atoms with Crippen molar-refractivity contribution in [1.29, 1.82) is 0 Å². The number of benzene rings is 2. The van der Waals surface area contributed by atoms with Gasteiger partial charge >= 0.3 is 0 Å². The Morgan fingerprint density at radius 2 is 1.76 bits per heavy atom. The monoisotopic (exact) mass is 394 g/mol. The number of piperidine rings is 1. The van der Waals surface area contributed by atoms with Crippen LogP contribution in [0.2, 0.25) is 0 Å². The Balaban J connectivity index is 1.38. The van der Waals surface area contributed by atoms with E-state index in [0.29, 0.717) is 31.3 Å². The Morgan fingerprint density at radius 1 is 1.07 bits per heavy atom. The molecule has 0 aliphatic carbocycles. The standard InChI is InChI=1S/C23H26N2O4/c1-29-21-5-3-2-4-20(21)25-15-18(14-22(25)27)23(28)24-12-10-17(11-13-24)16-6-8-19(26)9-7-16/h2-9,17-18,26H,10-15H2,1H3. The Hall–Kier alpha value is -3.02. The van der Waals surface area contributed by atoms with E-state index in [4.69, 9.17) is 4.74 Å². The average Bonchev–Trinajstić information content (AvgIpc) is 3.15. The number of hydrogen-bond acceptors (Lipinski definition) is 4. The summed E-state index contributed by atoms with van der Waals surface area (Å²) in [5.74, 6) is 1.04. The summed E-state index contributed by atoms with van der Waals surface area (Å²) in [6.07, 6.45) is 2.04. The van der Waals surface area contributed by atoms with Crippen molar-refractivity contribution in [3.05, 3.63) is 54.1 Å². The van der Waals surface area contributed by atoms with E-state index in [1.807, 2.05) is 41.3 Å². The van der Waals surface area contributed by atoms with E-state index < -0.39 is 0 Å². The van der Waals surface area contributed by atoms with Crippen molar-refractivity contribution < 1.29 is 19.4 Å². The lowest BCUT2D eigenvalue weighted by atomic mass is 9.89. The Morgan fingerprint density at radius 3 is 2.45 bits per heavy atom. The molecule has 1 atom stereocenters. The predicted molar refractivity (Wildman–Crippen MR) is 110 cm³/mol. The molecule has 2 aliphatic heterocycles. The Labute approximate surface area is 170 Å². The van der Waals surface area contributed by atoms with Crippen LogP contribution in [0, 0.1) is 5.92 Å². The van der Waals surface area contributed by atoms with Crippen LogP contribution in [0.4, 0.5) is 5.69 Å². The second-order valence-electron chi connectivity index (χ2n) is 7.77. The van der Waals surface area contributed by atoms with Crippen molar-refractivity contribution in [1.82, 2.24) is 4.90 Å². The lowest BCUT2D eigenvalue weighted by molar-refractivity contribution is -0.136. The van der Waals surface area contributed by atoms with Crippen LogP contribution in [0.5, 0.6) is 11.5 Å². The number of anilines is 1. The minimum Gasteiger partial charge on any atom is -0.508 e. The fraction of sp³-hybridized carbons (Fsp3) is 0.391. The van der Waals surface area contributed by atoms with E-state index in [1.165, 1.54) is 5.56 Å². The molecule has 0 saturated carbocycles. The highest BCUT2D eigenvalue weighted by atomic mass is 16.5. The van der Waals surface area contributed by atoms with Gasteiger partial charge in [0, 0.05) is 26.1 Å². The van der Waals surface area contributed by atoms with Crippen LogP contribution in [-0.4, -0.2) is 48.6 Å². The SMILES string of the molecule is COc1ccccc1N1CC(C(=O)N2CCC(c3ccc(O)cc3)CC2)CC1=O. The van der Waals surface area contributed by atoms with Crippen LogP contribution >= 0.6 is 0 Å². The summed E-state index contributed by atoms with van der Waals surface area (Å²) in [5, 5.41) is 9.46. The normalized spacial score (nSPS) is 20.2. The van der Waals surface area contributed by atoms with E-state index >= 15 is 0 Å². The van der Waals surface area contributed by atoms with Crippen LogP contribution in [-0.2, 0) is 9.59 Å². The summed E-state index contributed by atoms with van der Waals surface area (Å²) < 4.78 is 5.37. The van der Waals surface area contributed by atoms with E-state index in [-0.39, 0.29) is 29.9 Å². The van der Waals surface area contributed by atoms with Gasteiger partial charge in [0.1, 0.15) is 11.5 Å². The second-order valence-corrected chi connectivity index (χ2v) is 7.77. The first-order valence-corrected chi connectivity index (χ1v) is 10.1. The molecule has 0 aromatic heterocycles. The van der Waals surface area contributed by atoms with Crippen molar-refractivity contribution in [3.8, 4) is 11.5 Å². The lowest BCUT2D eigenvalue weighted by Crippen LogP contribution is -2.42. The second kappa shape index (κ2) is 8.15. The van der Waals surface area contributed by atoms with Gasteiger partial charge in [-0.25, -0.2) is 0 Å². The molecule has 6 heteroatoms. The molecule has 2 saturated heterocycles. The van der Waals surface area contributed by atoms with Gasteiger partial charge in [0.15, 0.2) is 0 Å². The number of carbonyl (C=O) groups excluding carboxylic acids is 2. The van der Waals surface area contributed by atoms with E-state index in [1.54, 1.807) is 24.1 Å². The molecule has 4 rings (SSSR count). The maximum absolute atomic E-state index is 13.0. The molecule has 0 spiro atoms. The molecule has 2 aliphatic rings. The number of hydrogen-bond donors (Lipinski definition) is 1. The van der Waals surface area contributed by atoms with Gasteiger partial charge in [-0.05, 0) is 48.6 Å². The molecule has 2 fully saturated rings. The van der Waals surface area contributed by atoms with Crippen molar-refractivity contribution in [2.45, 2.75) is 25.2 Å². The summed E-state index contributed by atoms with van der Waals surface area (Å²) in [6.45, 7) is 1.80. The van der Waals surface area contributed by atoms with Crippen LogP contribution in [0.3, 0.4) is 0 Å². The molecule has 2 heterocycles. The minimum atomic E-state index is -0.308. The molecular weight excluding hydrogens is 368 g/mol. The van der Waals surface area contributed by atoms with Gasteiger partial charge in [-0.15, -0.1) is 0 Å². The number of likely N-dealkylation sites (tertiary alicyclic amines) is 1. The smallest absolute Gasteiger partial charge is 0.228 e. The van der Waals surface area contributed by atoms with Gasteiger partial charge in [0.05, 0.1) is 18.7 Å². The number of phenols is 1. The van der Waals surface area contributed by atoms with Gasteiger partial charge < -0.3 is 19.6 Å². The zero-order valence-corrected chi connectivity index (χ0v) is 16.6. The molecular formula is C23H26N2O4. The van der Waals surface area contributed by atoms with Crippen LogP contribution in [0.1, 0.15) is 30.7 Å². The topological polar surface area (TPSA) is 70.1 Å². The molecule has 0 bridgehead atoms. The summed E-state index contributed by atoms with van der Waals surface area (Å²) in [7, 11) is 1.58. The highest BCUT2D eigenvalue weighted by Gasteiger charge is 2.39. The third kappa shape index (κ3) is 3.92. The molecule has 2 amide bonds. The molecule has 2 aromatic rings. The Kier molecular flexibility index (Phi) is 5.43. The first-order valence-electron chi connectivity index (χ1n) is 10.1. The van der Waals surface area contributed by atoms with Crippen molar-refractivity contribution in [3.63, 3.8) is 0 Å². The van der Waals surface area contributed by atoms with Gasteiger partial charge in [-0.1, -0.05) is 24.3 Å². The van der Waals surface area contributed by atoms with Crippen LogP contribution < -0.4 is 9.64 Å². The van der Waals surface area contributed by atoms with Gasteiger partial charge in [0.2, 0.25) is 11.8 Å². The molecule has 0 radical (unpaired) electrons. The fourth-order valence-electron chi connectivity index (χ4n) is 4.40. The van der Waals surface area contributed by atoms with Gasteiger partial charge in [-0.3, -0.25) is 9.59 Å². The van der Waals surface area contributed by atoms with Crippen molar-refractivity contribution in [2.24, 2.45) is 5.92 Å². The number of para-hydroxylation sites is 2. The summed E-state index contributed by atoms with van der Waals surface area (Å²) in [4.78, 5) is 29.2. The first kappa shape index (κ1) is 19.3. The van der Waals surface area contributed by atoms with Gasteiger partial charge in [-0.2, -0.15) is 0 Å². The van der Waals surface area contributed by atoms with Crippen molar-refractivity contribution >= 4 is 17.5 Å². The third-order valence-electron chi connectivity index (χ3n) is 6.02. The van der Waals surface area contributed by atoms with Crippen molar-refractivity contribution in [2.75, 3.05) is 31.6 Å². The number of aromatic hydroxyl groups is 1. The van der Waals surface area contributed by atoms with Crippen LogP contribution in [0.15, 0.2) is 48.5 Å². The molecule has 6 nitrogen and oxygen atoms in total. The molecule has 152 valence electrons. The largest absolute Gasteiger partial charge is 0.508 e. The molecule has 1 N–H and O–H groups in total.